The topological polar surface area (TPSA) is 57.5 Å². The summed E-state index contributed by atoms with van der Waals surface area (Å²) in [5, 5.41) is 18.6. The van der Waals surface area contributed by atoms with Crippen LogP contribution in [0.5, 0.6) is 11.5 Å². The Morgan fingerprint density at radius 1 is 1.46 bits per heavy atom. The zero-order valence-corrected chi connectivity index (χ0v) is 7.40. The van der Waals surface area contributed by atoms with Gasteiger partial charge in [-0.2, -0.15) is 0 Å². The molecule has 0 aliphatic rings. The van der Waals surface area contributed by atoms with Gasteiger partial charge in [0.2, 0.25) is 0 Å². The zero-order valence-electron chi connectivity index (χ0n) is 7.40. The van der Waals surface area contributed by atoms with Crippen LogP contribution in [0, 0.1) is 0 Å². The van der Waals surface area contributed by atoms with Crippen molar-refractivity contribution in [2.24, 2.45) is 0 Å². The van der Waals surface area contributed by atoms with Crippen molar-refractivity contribution in [2.75, 3.05) is 0 Å². The van der Waals surface area contributed by atoms with Gasteiger partial charge in [0.25, 0.3) is 0 Å². The number of hydrogen-bond acceptors (Lipinski definition) is 3. The third-order valence-corrected chi connectivity index (χ3v) is 2.03. The largest absolute Gasteiger partial charge is 0.504 e. The van der Waals surface area contributed by atoms with Gasteiger partial charge in [-0.15, -0.1) is 0 Å². The van der Waals surface area contributed by atoms with E-state index < -0.39 is 0 Å². The van der Waals surface area contributed by atoms with E-state index >= 15 is 0 Å². The number of phenolic OH excluding ortho intramolecular Hbond substituents is 2. The number of carbonyl (C=O) groups excluding carboxylic acids is 1. The average molecular weight is 180 g/mol. The van der Waals surface area contributed by atoms with Crippen LogP contribution in [0.25, 0.3) is 0 Å². The van der Waals surface area contributed by atoms with Crippen LogP contribution >= 0.6 is 0 Å². The van der Waals surface area contributed by atoms with Crippen molar-refractivity contribution in [2.45, 2.75) is 19.3 Å². The first kappa shape index (κ1) is 9.58. The molecule has 13 heavy (non-hydrogen) atoms. The number of aromatic hydroxyl groups is 2. The van der Waals surface area contributed by atoms with Gasteiger partial charge in [0.15, 0.2) is 11.5 Å². The van der Waals surface area contributed by atoms with Gasteiger partial charge in [-0.25, -0.2) is 0 Å². The lowest BCUT2D eigenvalue weighted by Crippen LogP contribution is -1.94. The molecule has 0 heterocycles. The van der Waals surface area contributed by atoms with Crippen molar-refractivity contribution in [3.63, 3.8) is 0 Å². The summed E-state index contributed by atoms with van der Waals surface area (Å²) in [6, 6.07) is 4.75. The monoisotopic (exact) mass is 180 g/mol. The summed E-state index contributed by atoms with van der Waals surface area (Å²) in [6.07, 6.45) is 1.14. The van der Waals surface area contributed by atoms with Crippen LogP contribution < -0.4 is 0 Å². The van der Waals surface area contributed by atoms with Gasteiger partial charge in [-0.3, -0.25) is 0 Å². The Hall–Kier alpha value is -1.51. The maximum atomic E-state index is 10.2. The number of phenols is 2. The molecule has 2 N–H and O–H groups in total. The molecule has 0 aliphatic carbocycles. The van der Waals surface area contributed by atoms with E-state index in [2.05, 4.69) is 0 Å². The molecule has 0 aromatic heterocycles. The number of para-hydroxylation sites is 1. The summed E-state index contributed by atoms with van der Waals surface area (Å²) in [5.41, 5.74) is 0.604. The molecule has 3 nitrogen and oxygen atoms in total. The first-order valence-corrected chi connectivity index (χ1v) is 4.11. The molecule has 0 saturated heterocycles. The Bertz CT molecular complexity index is 307. The van der Waals surface area contributed by atoms with Crippen LogP contribution in [0.2, 0.25) is 0 Å². The normalized spacial score (nSPS) is 12.4. The molecule has 0 amide bonds. The van der Waals surface area contributed by atoms with Gasteiger partial charge in [0.05, 0.1) is 0 Å². The molecule has 1 rings (SSSR count). The predicted molar refractivity (Wildman–Crippen MR) is 48.9 cm³/mol. The molecule has 0 fully saturated rings. The van der Waals surface area contributed by atoms with E-state index in [4.69, 9.17) is 0 Å². The minimum atomic E-state index is -0.143. The minimum Gasteiger partial charge on any atom is -0.504 e. The van der Waals surface area contributed by atoms with E-state index in [-0.39, 0.29) is 17.4 Å². The first-order valence-electron chi connectivity index (χ1n) is 4.11. The van der Waals surface area contributed by atoms with E-state index in [1.165, 1.54) is 6.07 Å². The summed E-state index contributed by atoms with van der Waals surface area (Å²) < 4.78 is 0. The van der Waals surface area contributed by atoms with Crippen molar-refractivity contribution in [1.82, 2.24) is 0 Å². The Labute approximate surface area is 76.6 Å². The summed E-state index contributed by atoms with van der Waals surface area (Å²) in [5.74, 6) is -0.336. The van der Waals surface area contributed by atoms with E-state index in [1.807, 2.05) is 6.92 Å². The second-order valence-electron chi connectivity index (χ2n) is 3.02. The Morgan fingerprint density at radius 2 is 2.15 bits per heavy atom. The van der Waals surface area contributed by atoms with Gasteiger partial charge in [-0.05, 0) is 12.0 Å². The van der Waals surface area contributed by atoms with E-state index in [0.717, 1.165) is 6.29 Å². The van der Waals surface area contributed by atoms with Crippen molar-refractivity contribution in [3.05, 3.63) is 23.8 Å². The van der Waals surface area contributed by atoms with Gasteiger partial charge in [0, 0.05) is 12.0 Å². The summed E-state index contributed by atoms with van der Waals surface area (Å²) in [7, 11) is 0. The number of hydrogen-bond donors (Lipinski definition) is 2. The molecular formula is C10H12O3. The van der Waals surface area contributed by atoms with Gasteiger partial charge in [-0.1, -0.05) is 19.1 Å². The fourth-order valence-corrected chi connectivity index (χ4v) is 1.22. The minimum absolute atomic E-state index is 0.0652. The zero-order chi connectivity index (χ0) is 9.84. The Balaban J connectivity index is 3.00. The van der Waals surface area contributed by atoms with Crippen molar-refractivity contribution >= 4 is 6.29 Å². The Kier molecular flexibility index (Phi) is 2.90. The molecule has 1 unspecified atom stereocenters. The molecule has 0 bridgehead atoms. The molecule has 0 radical (unpaired) electrons. The van der Waals surface area contributed by atoms with Crippen molar-refractivity contribution in [3.8, 4) is 11.5 Å². The number of carbonyl (C=O) groups is 1. The van der Waals surface area contributed by atoms with Gasteiger partial charge in [0.1, 0.15) is 6.29 Å². The molecule has 70 valence electrons. The van der Waals surface area contributed by atoms with Crippen LogP contribution in [-0.4, -0.2) is 16.5 Å². The SMILES string of the molecule is CC(CC=O)c1cccc(O)c1O. The number of aldehydes is 1. The standard InChI is InChI=1S/C10H12O3/c1-7(5-6-11)8-3-2-4-9(12)10(8)13/h2-4,6-7,12-13H,5H2,1H3. The molecule has 3 heteroatoms. The van der Waals surface area contributed by atoms with Gasteiger partial charge >= 0.3 is 0 Å². The maximum absolute atomic E-state index is 10.2. The molecule has 0 saturated carbocycles. The third kappa shape index (κ3) is 1.99. The van der Waals surface area contributed by atoms with Crippen LogP contribution in [0.4, 0.5) is 0 Å². The van der Waals surface area contributed by atoms with Crippen LogP contribution in [-0.2, 0) is 4.79 Å². The molecule has 1 aromatic rings. The molecular weight excluding hydrogens is 168 g/mol. The second-order valence-corrected chi connectivity index (χ2v) is 3.02. The molecule has 1 aromatic carbocycles. The third-order valence-electron chi connectivity index (χ3n) is 2.03. The summed E-state index contributed by atoms with van der Waals surface area (Å²) >= 11 is 0. The highest BCUT2D eigenvalue weighted by Crippen LogP contribution is 2.34. The van der Waals surface area contributed by atoms with Crippen LogP contribution in [0.15, 0.2) is 18.2 Å². The fourth-order valence-electron chi connectivity index (χ4n) is 1.22. The summed E-state index contributed by atoms with van der Waals surface area (Å²) in [4.78, 5) is 10.2. The smallest absolute Gasteiger partial charge is 0.160 e. The van der Waals surface area contributed by atoms with Crippen LogP contribution in [0.1, 0.15) is 24.8 Å². The molecule has 0 spiro atoms. The average Bonchev–Trinajstić information content (AvgIpc) is 2.10. The lowest BCUT2D eigenvalue weighted by atomic mass is 9.97. The van der Waals surface area contributed by atoms with Crippen molar-refractivity contribution in [1.29, 1.82) is 0 Å². The number of benzene rings is 1. The first-order chi connectivity index (χ1) is 6.16. The highest BCUT2D eigenvalue weighted by Gasteiger charge is 2.11. The highest BCUT2D eigenvalue weighted by molar-refractivity contribution is 5.54. The lowest BCUT2D eigenvalue weighted by molar-refractivity contribution is -0.108. The predicted octanol–water partition coefficient (Wildman–Crippen LogP) is 1.79. The highest BCUT2D eigenvalue weighted by atomic mass is 16.3. The number of rotatable bonds is 3. The summed E-state index contributed by atoms with van der Waals surface area (Å²) in [6.45, 7) is 1.82. The van der Waals surface area contributed by atoms with Crippen LogP contribution in [0.3, 0.4) is 0 Å². The van der Waals surface area contributed by atoms with E-state index in [0.29, 0.717) is 12.0 Å². The molecule has 0 aliphatic heterocycles. The van der Waals surface area contributed by atoms with E-state index in [1.54, 1.807) is 12.1 Å². The van der Waals surface area contributed by atoms with Crippen molar-refractivity contribution < 1.29 is 15.0 Å². The quantitative estimate of drug-likeness (QED) is 0.550. The Morgan fingerprint density at radius 3 is 2.77 bits per heavy atom. The second kappa shape index (κ2) is 3.94. The van der Waals surface area contributed by atoms with E-state index in [9.17, 15) is 15.0 Å². The fraction of sp³-hybridized carbons (Fsp3) is 0.300. The molecule has 1 atom stereocenters. The lowest BCUT2D eigenvalue weighted by Gasteiger charge is -2.10. The maximum Gasteiger partial charge on any atom is 0.160 e. The van der Waals surface area contributed by atoms with Gasteiger partial charge < -0.3 is 15.0 Å².